The highest BCUT2D eigenvalue weighted by Crippen LogP contribution is 2.31. The Morgan fingerprint density at radius 1 is 1.21 bits per heavy atom. The summed E-state index contributed by atoms with van der Waals surface area (Å²) in [5, 5.41) is 2.99. The van der Waals surface area contributed by atoms with E-state index in [0.29, 0.717) is 35.1 Å². The first-order valence-electron chi connectivity index (χ1n) is 8.60. The van der Waals surface area contributed by atoms with E-state index in [9.17, 15) is 18.0 Å². The molecule has 0 bridgehead atoms. The van der Waals surface area contributed by atoms with E-state index >= 15 is 0 Å². The van der Waals surface area contributed by atoms with Gasteiger partial charge in [-0.2, -0.15) is 0 Å². The molecule has 0 atom stereocenters. The van der Waals surface area contributed by atoms with Gasteiger partial charge in [0, 0.05) is 11.6 Å². The summed E-state index contributed by atoms with van der Waals surface area (Å²) in [5.74, 6) is -0.815. The van der Waals surface area contributed by atoms with Crippen LogP contribution in [-0.2, 0) is 26.0 Å². The average Bonchev–Trinajstić information content (AvgIpc) is 3.10. The number of nitrogens with zero attached hydrogens (tertiary/aromatic N) is 1. The van der Waals surface area contributed by atoms with Crippen molar-refractivity contribution in [1.29, 1.82) is 0 Å². The quantitative estimate of drug-likeness (QED) is 0.695. The van der Waals surface area contributed by atoms with Gasteiger partial charge in [-0.3, -0.25) is 9.10 Å². The van der Waals surface area contributed by atoms with Gasteiger partial charge in [0.25, 0.3) is 5.91 Å². The molecule has 0 aliphatic carbocycles. The normalized spacial score (nSPS) is 13.0. The molecule has 1 heterocycles. The highest BCUT2D eigenvalue weighted by Gasteiger charge is 2.27. The molecule has 3 rings (SSSR count). The maximum absolute atomic E-state index is 12.3. The molecule has 2 aromatic carbocycles. The molecule has 1 aliphatic heterocycles. The number of hydrogen-bond donors (Lipinski definition) is 1. The van der Waals surface area contributed by atoms with Crippen LogP contribution >= 0.6 is 11.6 Å². The van der Waals surface area contributed by atoms with Crippen molar-refractivity contribution < 1.29 is 27.5 Å². The first kappa shape index (κ1) is 20.9. The Hall–Kier alpha value is -2.78. The second kappa shape index (κ2) is 8.30. The van der Waals surface area contributed by atoms with E-state index in [4.69, 9.17) is 21.1 Å². The number of carbonyl (C=O) groups is 2. The maximum atomic E-state index is 12.3. The third kappa shape index (κ3) is 4.80. The fourth-order valence-corrected chi connectivity index (χ4v) is 4.15. The molecule has 0 spiro atoms. The minimum absolute atomic E-state index is 0.243. The number of nitrogens with one attached hydrogen (secondary N) is 1. The van der Waals surface area contributed by atoms with Crippen LogP contribution in [0.15, 0.2) is 36.4 Å². The van der Waals surface area contributed by atoms with Crippen LogP contribution < -0.4 is 14.4 Å². The van der Waals surface area contributed by atoms with E-state index < -0.39 is 28.5 Å². The zero-order valence-electron chi connectivity index (χ0n) is 15.8. The lowest BCUT2D eigenvalue weighted by Crippen LogP contribution is -2.27. The van der Waals surface area contributed by atoms with Crippen molar-refractivity contribution in [1.82, 2.24) is 0 Å². The number of ether oxygens (including phenoxy) is 2. The Morgan fingerprint density at radius 3 is 2.66 bits per heavy atom. The lowest BCUT2D eigenvalue weighted by Gasteiger charge is -2.16. The summed E-state index contributed by atoms with van der Waals surface area (Å²) >= 11 is 5.92. The maximum Gasteiger partial charge on any atom is 0.338 e. The molecular formula is C19H19ClN2O6S. The molecular weight excluding hydrogens is 420 g/mol. The molecule has 0 unspecified atom stereocenters. The van der Waals surface area contributed by atoms with Gasteiger partial charge in [-0.1, -0.05) is 11.6 Å². The van der Waals surface area contributed by atoms with Crippen molar-refractivity contribution in [3.63, 3.8) is 0 Å². The number of esters is 1. The van der Waals surface area contributed by atoms with Crippen LogP contribution in [0.5, 0.6) is 5.75 Å². The van der Waals surface area contributed by atoms with Gasteiger partial charge in [-0.25, -0.2) is 13.2 Å². The van der Waals surface area contributed by atoms with Gasteiger partial charge in [0.2, 0.25) is 10.0 Å². The number of sulfonamides is 1. The third-order valence-corrected chi connectivity index (χ3v) is 5.75. The fraction of sp³-hybridized carbons (Fsp3) is 0.263. The molecule has 1 aliphatic rings. The number of rotatable bonds is 6. The van der Waals surface area contributed by atoms with E-state index in [1.807, 2.05) is 0 Å². The van der Waals surface area contributed by atoms with Crippen molar-refractivity contribution in [3.05, 3.63) is 52.5 Å². The molecule has 0 aromatic heterocycles. The van der Waals surface area contributed by atoms with Gasteiger partial charge in [0.1, 0.15) is 5.75 Å². The predicted octanol–water partition coefficient (Wildman–Crippen LogP) is 2.47. The topological polar surface area (TPSA) is 102 Å². The van der Waals surface area contributed by atoms with Crippen molar-refractivity contribution >= 4 is 44.9 Å². The second-order valence-corrected chi connectivity index (χ2v) is 8.74. The van der Waals surface area contributed by atoms with Gasteiger partial charge < -0.3 is 14.8 Å². The predicted molar refractivity (Wildman–Crippen MR) is 109 cm³/mol. The summed E-state index contributed by atoms with van der Waals surface area (Å²) in [7, 11) is -1.91. The van der Waals surface area contributed by atoms with E-state index in [0.717, 1.165) is 11.8 Å². The summed E-state index contributed by atoms with van der Waals surface area (Å²) in [4.78, 5) is 24.4. The average molecular weight is 439 g/mol. The Balaban J connectivity index is 1.63. The zero-order chi connectivity index (χ0) is 21.2. The monoisotopic (exact) mass is 438 g/mol. The van der Waals surface area contributed by atoms with Crippen LogP contribution in [0.3, 0.4) is 0 Å². The Morgan fingerprint density at radius 2 is 1.97 bits per heavy atom. The number of methoxy groups -OCH3 is 1. The number of halogens is 1. The number of fused-ring (bicyclic) bond motifs is 1. The number of benzene rings is 2. The van der Waals surface area contributed by atoms with Gasteiger partial charge in [0.15, 0.2) is 6.61 Å². The molecule has 1 N–H and O–H groups in total. The second-order valence-electron chi connectivity index (χ2n) is 6.40. The van der Waals surface area contributed by atoms with Crippen LogP contribution in [0.2, 0.25) is 5.02 Å². The van der Waals surface area contributed by atoms with Gasteiger partial charge in [-0.05, 0) is 48.4 Å². The zero-order valence-corrected chi connectivity index (χ0v) is 17.3. The lowest BCUT2D eigenvalue weighted by atomic mass is 10.1. The van der Waals surface area contributed by atoms with Crippen molar-refractivity contribution in [2.45, 2.75) is 6.42 Å². The largest absolute Gasteiger partial charge is 0.495 e. The molecule has 8 nitrogen and oxygen atoms in total. The highest BCUT2D eigenvalue weighted by molar-refractivity contribution is 7.92. The summed E-state index contributed by atoms with van der Waals surface area (Å²) in [6.45, 7) is -0.169. The molecule has 0 saturated carbocycles. The molecule has 29 heavy (non-hydrogen) atoms. The van der Waals surface area contributed by atoms with E-state index in [2.05, 4.69) is 5.32 Å². The van der Waals surface area contributed by atoms with Crippen molar-refractivity contribution in [2.24, 2.45) is 0 Å². The van der Waals surface area contributed by atoms with Gasteiger partial charge in [0.05, 0.1) is 30.3 Å². The summed E-state index contributed by atoms with van der Waals surface area (Å²) < 4.78 is 35.1. The Bertz CT molecular complexity index is 1070. The van der Waals surface area contributed by atoms with Crippen LogP contribution in [0, 0.1) is 0 Å². The van der Waals surface area contributed by atoms with E-state index in [1.54, 1.807) is 24.3 Å². The minimum atomic E-state index is -3.36. The number of carbonyl (C=O) groups excluding carboxylic acids is 2. The fourth-order valence-electron chi connectivity index (χ4n) is 3.02. The van der Waals surface area contributed by atoms with Crippen LogP contribution in [0.4, 0.5) is 11.4 Å². The highest BCUT2D eigenvalue weighted by atomic mass is 35.5. The van der Waals surface area contributed by atoms with Crippen LogP contribution in [0.1, 0.15) is 15.9 Å². The molecule has 154 valence electrons. The molecule has 10 heteroatoms. The summed E-state index contributed by atoms with van der Waals surface area (Å²) in [6, 6.07) is 9.37. The Kier molecular flexibility index (Phi) is 5.99. The molecule has 0 radical (unpaired) electrons. The van der Waals surface area contributed by atoms with Crippen LogP contribution in [0.25, 0.3) is 0 Å². The van der Waals surface area contributed by atoms with E-state index in [1.165, 1.54) is 23.5 Å². The van der Waals surface area contributed by atoms with E-state index in [-0.39, 0.29) is 5.56 Å². The smallest absolute Gasteiger partial charge is 0.338 e. The minimum Gasteiger partial charge on any atom is -0.495 e. The van der Waals surface area contributed by atoms with Gasteiger partial charge in [-0.15, -0.1) is 0 Å². The summed E-state index contributed by atoms with van der Waals surface area (Å²) in [5.41, 5.74) is 1.89. The number of amides is 1. The third-order valence-electron chi connectivity index (χ3n) is 4.34. The standard InChI is InChI=1S/C19H19ClN2O6S/c1-27-17-6-4-14(20)10-15(17)21-18(23)11-28-19(24)13-3-5-16-12(9-13)7-8-22(16)29(2,25)26/h3-6,9-10H,7-8,11H2,1-2H3,(H,21,23). The Labute approximate surface area is 173 Å². The molecule has 1 amide bonds. The summed E-state index contributed by atoms with van der Waals surface area (Å²) in [6.07, 6.45) is 1.64. The first-order valence-corrected chi connectivity index (χ1v) is 10.8. The number of hydrogen-bond acceptors (Lipinski definition) is 6. The van der Waals surface area contributed by atoms with Crippen LogP contribution in [-0.4, -0.2) is 46.8 Å². The SMILES string of the molecule is COc1ccc(Cl)cc1NC(=O)COC(=O)c1ccc2c(c1)CCN2S(C)(=O)=O. The molecule has 0 fully saturated rings. The lowest BCUT2D eigenvalue weighted by molar-refractivity contribution is -0.119. The molecule has 2 aromatic rings. The van der Waals surface area contributed by atoms with Crippen molar-refractivity contribution in [2.75, 3.05) is 36.1 Å². The van der Waals surface area contributed by atoms with Crippen molar-refractivity contribution in [3.8, 4) is 5.75 Å². The number of anilines is 2. The van der Waals surface area contributed by atoms with Gasteiger partial charge >= 0.3 is 5.97 Å². The molecule has 0 saturated heterocycles. The first-order chi connectivity index (χ1) is 13.7.